The number of rotatable bonds is 5. The van der Waals surface area contributed by atoms with E-state index >= 15 is 0 Å². The van der Waals surface area contributed by atoms with Crippen molar-refractivity contribution in [2.24, 2.45) is 10.1 Å². The molecule has 0 unspecified atom stereocenters. The average molecular weight is 387 g/mol. The largest absolute Gasteiger partial charge is 0.269 e. The van der Waals surface area contributed by atoms with Crippen LogP contribution in [0.3, 0.4) is 0 Å². The van der Waals surface area contributed by atoms with E-state index < -0.39 is 4.92 Å². The summed E-state index contributed by atoms with van der Waals surface area (Å²) in [6.45, 7) is 6.09. The smallest absolute Gasteiger partial charge is 0.258 e. The number of non-ortho nitro benzene ring substituents is 1. The lowest BCUT2D eigenvalue weighted by Crippen LogP contribution is -2.14. The predicted octanol–water partition coefficient (Wildman–Crippen LogP) is 4.69. The molecule has 0 spiro atoms. The first-order valence-corrected chi connectivity index (χ1v) is 9.73. The molecule has 1 aromatic carbocycles. The third-order valence-electron chi connectivity index (χ3n) is 3.49. The zero-order valence-electron chi connectivity index (χ0n) is 14.6. The molecule has 3 rings (SSSR count). The first kappa shape index (κ1) is 18.2. The van der Waals surface area contributed by atoms with Gasteiger partial charge in [-0.3, -0.25) is 15.1 Å². The SMILES string of the molecule is Cc1ccc(C=Nn2c(-c3ccc([N+](=O)[O-])cc3)csc2=NC(C)C)s1. The van der Waals surface area contributed by atoms with E-state index in [0.29, 0.717) is 0 Å². The number of thiophene rings is 1. The standard InChI is InChI=1S/C18H18N4O2S2/c1-12(2)20-18-21(19-10-16-9-4-13(3)26-16)17(11-25-18)14-5-7-15(8-6-14)22(23)24/h4-12H,1-3H3. The van der Waals surface area contributed by atoms with Crippen LogP contribution in [-0.2, 0) is 0 Å². The molecular weight excluding hydrogens is 368 g/mol. The van der Waals surface area contributed by atoms with E-state index in [9.17, 15) is 10.1 Å². The summed E-state index contributed by atoms with van der Waals surface area (Å²) in [5.74, 6) is 0. The minimum absolute atomic E-state index is 0.0696. The number of nitro groups is 1. The van der Waals surface area contributed by atoms with Crippen molar-refractivity contribution in [1.29, 1.82) is 0 Å². The van der Waals surface area contributed by atoms with E-state index in [2.05, 4.69) is 23.1 Å². The fourth-order valence-electron chi connectivity index (χ4n) is 2.31. The van der Waals surface area contributed by atoms with Crippen LogP contribution in [0, 0.1) is 17.0 Å². The van der Waals surface area contributed by atoms with E-state index in [4.69, 9.17) is 0 Å². The Labute approximate surface area is 158 Å². The van der Waals surface area contributed by atoms with Crippen molar-refractivity contribution in [2.45, 2.75) is 26.8 Å². The molecule has 0 aliphatic heterocycles. The van der Waals surface area contributed by atoms with Crippen LogP contribution in [0.25, 0.3) is 11.3 Å². The molecule has 2 aromatic heterocycles. The molecule has 0 saturated heterocycles. The number of benzene rings is 1. The first-order valence-electron chi connectivity index (χ1n) is 8.04. The van der Waals surface area contributed by atoms with E-state index in [1.165, 1.54) is 28.3 Å². The number of aryl methyl sites for hydroxylation is 1. The van der Waals surface area contributed by atoms with Crippen LogP contribution in [0.4, 0.5) is 5.69 Å². The molecule has 0 radical (unpaired) electrons. The summed E-state index contributed by atoms with van der Waals surface area (Å²) in [5, 5.41) is 17.5. The molecule has 134 valence electrons. The monoisotopic (exact) mass is 386 g/mol. The zero-order chi connectivity index (χ0) is 18.7. The molecule has 0 atom stereocenters. The zero-order valence-corrected chi connectivity index (χ0v) is 16.3. The molecule has 0 aliphatic carbocycles. The lowest BCUT2D eigenvalue weighted by molar-refractivity contribution is -0.384. The number of aromatic nitrogens is 1. The van der Waals surface area contributed by atoms with Crippen LogP contribution in [-0.4, -0.2) is 21.9 Å². The van der Waals surface area contributed by atoms with Gasteiger partial charge in [0, 0.05) is 38.9 Å². The minimum Gasteiger partial charge on any atom is -0.258 e. The third kappa shape index (κ3) is 4.14. The molecule has 6 nitrogen and oxygen atoms in total. The number of nitro benzene ring substituents is 1. The molecular formula is C18H18N4O2S2. The number of nitrogens with zero attached hydrogens (tertiary/aromatic N) is 4. The lowest BCUT2D eigenvalue weighted by Gasteiger charge is -2.04. The van der Waals surface area contributed by atoms with Gasteiger partial charge in [-0.15, -0.1) is 22.7 Å². The maximum atomic E-state index is 10.9. The molecule has 2 heterocycles. The molecule has 0 saturated carbocycles. The van der Waals surface area contributed by atoms with Gasteiger partial charge in [0.05, 0.1) is 16.8 Å². The summed E-state index contributed by atoms with van der Waals surface area (Å²) in [4.78, 5) is 18.2. The van der Waals surface area contributed by atoms with E-state index in [-0.39, 0.29) is 11.7 Å². The molecule has 0 fully saturated rings. The van der Waals surface area contributed by atoms with Gasteiger partial charge in [0.25, 0.3) is 5.69 Å². The summed E-state index contributed by atoms with van der Waals surface area (Å²) in [6, 6.07) is 10.7. The highest BCUT2D eigenvalue weighted by Gasteiger charge is 2.10. The Kier molecular flexibility index (Phi) is 5.43. The van der Waals surface area contributed by atoms with Crippen molar-refractivity contribution in [1.82, 2.24) is 4.68 Å². The Morgan fingerprint density at radius 3 is 2.50 bits per heavy atom. The average Bonchev–Trinajstić information content (AvgIpc) is 3.18. The second kappa shape index (κ2) is 7.76. The van der Waals surface area contributed by atoms with Crippen LogP contribution in [0.5, 0.6) is 0 Å². The van der Waals surface area contributed by atoms with Gasteiger partial charge in [0.1, 0.15) is 0 Å². The van der Waals surface area contributed by atoms with Gasteiger partial charge in [-0.1, -0.05) is 0 Å². The van der Waals surface area contributed by atoms with Crippen LogP contribution < -0.4 is 4.80 Å². The maximum Gasteiger partial charge on any atom is 0.269 e. The first-order chi connectivity index (χ1) is 12.4. The fourth-order valence-corrected chi connectivity index (χ4v) is 4.02. The van der Waals surface area contributed by atoms with Crippen molar-refractivity contribution < 1.29 is 4.92 Å². The summed E-state index contributed by atoms with van der Waals surface area (Å²) < 4.78 is 1.79. The topological polar surface area (TPSA) is 72.8 Å². The molecule has 8 heteroatoms. The van der Waals surface area contributed by atoms with Crippen LogP contribution in [0.2, 0.25) is 0 Å². The van der Waals surface area contributed by atoms with Crippen LogP contribution in [0.15, 0.2) is 51.9 Å². The minimum atomic E-state index is -0.401. The van der Waals surface area contributed by atoms with Crippen molar-refractivity contribution in [3.63, 3.8) is 0 Å². The number of hydrogen-bond donors (Lipinski definition) is 0. The van der Waals surface area contributed by atoms with E-state index in [1.54, 1.807) is 28.1 Å². The summed E-state index contributed by atoms with van der Waals surface area (Å²) in [7, 11) is 0. The highest BCUT2D eigenvalue weighted by Crippen LogP contribution is 2.23. The van der Waals surface area contributed by atoms with Crippen LogP contribution in [0.1, 0.15) is 23.6 Å². The highest BCUT2D eigenvalue weighted by atomic mass is 32.1. The van der Waals surface area contributed by atoms with Gasteiger partial charge in [0.15, 0.2) is 0 Å². The highest BCUT2D eigenvalue weighted by molar-refractivity contribution is 7.13. The molecule has 0 amide bonds. The number of hydrogen-bond acceptors (Lipinski definition) is 6. The Bertz CT molecular complexity index is 1010. The Balaban J connectivity index is 2.06. The summed E-state index contributed by atoms with van der Waals surface area (Å²) in [5.41, 5.74) is 1.78. The number of thiazole rings is 1. The summed E-state index contributed by atoms with van der Waals surface area (Å²) in [6.07, 6.45) is 1.82. The van der Waals surface area contributed by atoms with Gasteiger partial charge in [-0.2, -0.15) is 5.10 Å². The normalized spacial score (nSPS) is 12.4. The quantitative estimate of drug-likeness (QED) is 0.363. The summed E-state index contributed by atoms with van der Waals surface area (Å²) >= 11 is 3.17. The van der Waals surface area contributed by atoms with Gasteiger partial charge in [0.2, 0.25) is 4.80 Å². The predicted molar refractivity (Wildman–Crippen MR) is 107 cm³/mol. The second-order valence-electron chi connectivity index (χ2n) is 5.94. The molecule has 0 bridgehead atoms. The van der Waals surface area contributed by atoms with Gasteiger partial charge in [-0.05, 0) is 45.0 Å². The Morgan fingerprint density at radius 1 is 1.19 bits per heavy atom. The Hall–Kier alpha value is -2.58. The molecule has 0 aliphatic rings. The maximum absolute atomic E-state index is 10.9. The van der Waals surface area contributed by atoms with Gasteiger partial charge >= 0.3 is 0 Å². The molecule has 3 aromatic rings. The van der Waals surface area contributed by atoms with Gasteiger partial charge < -0.3 is 0 Å². The van der Waals surface area contributed by atoms with Crippen molar-refractivity contribution in [2.75, 3.05) is 0 Å². The fraction of sp³-hybridized carbons (Fsp3) is 0.222. The van der Waals surface area contributed by atoms with E-state index in [1.807, 2.05) is 31.5 Å². The Morgan fingerprint density at radius 2 is 1.92 bits per heavy atom. The van der Waals surface area contributed by atoms with Gasteiger partial charge in [-0.25, -0.2) is 4.68 Å². The van der Waals surface area contributed by atoms with Crippen molar-refractivity contribution >= 4 is 34.6 Å². The lowest BCUT2D eigenvalue weighted by atomic mass is 10.1. The van der Waals surface area contributed by atoms with E-state index in [0.717, 1.165) is 20.9 Å². The molecule has 26 heavy (non-hydrogen) atoms. The molecule has 0 N–H and O–H groups in total. The third-order valence-corrected chi connectivity index (χ3v) is 5.25. The van der Waals surface area contributed by atoms with Crippen molar-refractivity contribution in [3.05, 3.63) is 66.4 Å². The second-order valence-corrected chi connectivity index (χ2v) is 8.09. The van der Waals surface area contributed by atoms with Crippen LogP contribution >= 0.6 is 22.7 Å². The van der Waals surface area contributed by atoms with Crippen molar-refractivity contribution in [3.8, 4) is 11.3 Å².